The van der Waals surface area contributed by atoms with Crippen molar-refractivity contribution in [2.45, 2.75) is 12.5 Å². The number of hydrogen-bond donors (Lipinski definition) is 1. The van der Waals surface area contributed by atoms with Crippen LogP contribution < -0.4 is 5.73 Å². The highest BCUT2D eigenvalue weighted by atomic mass is 19.3. The van der Waals surface area contributed by atoms with E-state index in [0.717, 1.165) is 10.9 Å². The van der Waals surface area contributed by atoms with Gasteiger partial charge in [0.25, 0.3) is 5.92 Å². The van der Waals surface area contributed by atoms with E-state index in [-0.39, 0.29) is 12.1 Å². The van der Waals surface area contributed by atoms with Gasteiger partial charge in [0.2, 0.25) is 0 Å². The number of halogens is 2. The summed E-state index contributed by atoms with van der Waals surface area (Å²) in [6.45, 7) is -0.384. The van der Waals surface area contributed by atoms with Gasteiger partial charge >= 0.3 is 0 Å². The molecule has 0 unspecified atom stereocenters. The summed E-state index contributed by atoms with van der Waals surface area (Å²) < 4.78 is 30.1. The predicted octanol–water partition coefficient (Wildman–Crippen LogP) is 4.02. The van der Waals surface area contributed by atoms with Crippen LogP contribution in [0.3, 0.4) is 0 Å². The maximum atomic E-state index is 14.3. The molecule has 2 nitrogen and oxygen atoms in total. The Bertz CT molecular complexity index is 733. The first kappa shape index (κ1) is 12.7. The molecule has 3 aromatic rings. The van der Waals surface area contributed by atoms with Gasteiger partial charge in [-0.2, -0.15) is 8.78 Å². The molecule has 0 aliphatic rings. The highest BCUT2D eigenvalue weighted by Gasteiger charge is 2.32. The zero-order chi connectivity index (χ0) is 14.2. The van der Waals surface area contributed by atoms with E-state index in [0.29, 0.717) is 5.69 Å². The monoisotopic (exact) mass is 272 g/mol. The molecular formula is C16H14F2N2. The summed E-state index contributed by atoms with van der Waals surface area (Å²) in [6, 6.07) is 14.9. The number of anilines is 1. The number of rotatable bonds is 3. The van der Waals surface area contributed by atoms with E-state index in [9.17, 15) is 8.78 Å². The molecular weight excluding hydrogens is 258 g/mol. The zero-order valence-electron chi connectivity index (χ0n) is 10.8. The summed E-state index contributed by atoms with van der Waals surface area (Å²) in [4.78, 5) is 0. The van der Waals surface area contributed by atoms with Crippen LogP contribution in [0, 0.1) is 0 Å². The number of nitrogen functional groups attached to an aromatic ring is 1. The first-order valence-electron chi connectivity index (χ1n) is 6.34. The second kappa shape index (κ2) is 4.63. The number of hydrogen-bond acceptors (Lipinski definition) is 1. The molecule has 0 aliphatic carbocycles. The normalized spacial score (nSPS) is 11.9. The molecule has 1 aromatic heterocycles. The zero-order valence-corrected chi connectivity index (χ0v) is 10.8. The molecule has 0 radical (unpaired) electrons. The van der Waals surface area contributed by atoms with Gasteiger partial charge in [-0.05, 0) is 24.3 Å². The molecule has 0 atom stereocenters. The molecule has 102 valence electrons. The van der Waals surface area contributed by atoms with Gasteiger partial charge in [-0.3, -0.25) is 0 Å². The van der Waals surface area contributed by atoms with Crippen molar-refractivity contribution in [2.24, 2.45) is 0 Å². The summed E-state index contributed by atoms with van der Waals surface area (Å²) in [7, 11) is 0. The number of benzene rings is 2. The fourth-order valence-electron chi connectivity index (χ4n) is 2.34. The van der Waals surface area contributed by atoms with Crippen LogP contribution in [-0.2, 0) is 12.5 Å². The summed E-state index contributed by atoms with van der Waals surface area (Å²) in [6.07, 6.45) is 1.67. The average Bonchev–Trinajstić information content (AvgIpc) is 2.81. The Kier molecular flexibility index (Phi) is 2.93. The SMILES string of the molecule is Nc1ccc2c(ccn2CC(F)(F)c2ccccc2)c1. The van der Waals surface area contributed by atoms with Crippen molar-refractivity contribution in [2.75, 3.05) is 5.73 Å². The molecule has 0 spiro atoms. The number of nitrogens with zero attached hydrogens (tertiary/aromatic N) is 1. The van der Waals surface area contributed by atoms with Crippen LogP contribution in [0.4, 0.5) is 14.5 Å². The highest BCUT2D eigenvalue weighted by molar-refractivity contribution is 5.83. The van der Waals surface area contributed by atoms with Crippen molar-refractivity contribution in [1.29, 1.82) is 0 Å². The minimum atomic E-state index is -2.91. The minimum Gasteiger partial charge on any atom is -0.399 e. The van der Waals surface area contributed by atoms with Crippen LogP contribution in [0.1, 0.15) is 5.56 Å². The predicted molar refractivity (Wildman–Crippen MR) is 76.7 cm³/mol. The third-order valence-corrected chi connectivity index (χ3v) is 3.36. The van der Waals surface area contributed by atoms with Crippen LogP contribution in [0.2, 0.25) is 0 Å². The Labute approximate surface area is 115 Å². The van der Waals surface area contributed by atoms with Crippen molar-refractivity contribution in [3.05, 3.63) is 66.4 Å². The molecule has 0 saturated heterocycles. The number of aromatic nitrogens is 1. The Morgan fingerprint density at radius 2 is 1.75 bits per heavy atom. The average molecular weight is 272 g/mol. The summed E-state index contributed by atoms with van der Waals surface area (Å²) in [5.74, 6) is -2.91. The topological polar surface area (TPSA) is 30.9 Å². The Morgan fingerprint density at radius 3 is 2.50 bits per heavy atom. The largest absolute Gasteiger partial charge is 0.399 e. The van der Waals surface area contributed by atoms with E-state index in [4.69, 9.17) is 5.73 Å². The van der Waals surface area contributed by atoms with Gasteiger partial charge in [-0.25, -0.2) is 0 Å². The van der Waals surface area contributed by atoms with Gasteiger partial charge in [-0.1, -0.05) is 30.3 Å². The fraction of sp³-hybridized carbons (Fsp3) is 0.125. The van der Waals surface area contributed by atoms with Gasteiger partial charge in [0.1, 0.15) is 0 Å². The van der Waals surface area contributed by atoms with Crippen molar-refractivity contribution in [3.8, 4) is 0 Å². The van der Waals surface area contributed by atoms with Crippen LogP contribution in [0.25, 0.3) is 10.9 Å². The Morgan fingerprint density at radius 1 is 1.00 bits per heavy atom. The molecule has 2 aromatic carbocycles. The van der Waals surface area contributed by atoms with E-state index in [1.807, 2.05) is 0 Å². The van der Waals surface area contributed by atoms with Gasteiger partial charge in [0, 0.05) is 28.4 Å². The highest BCUT2D eigenvalue weighted by Crippen LogP contribution is 2.31. The lowest BCUT2D eigenvalue weighted by atomic mass is 10.1. The number of fused-ring (bicyclic) bond motifs is 1. The first-order valence-corrected chi connectivity index (χ1v) is 6.34. The van der Waals surface area contributed by atoms with Crippen molar-refractivity contribution < 1.29 is 8.78 Å². The lowest BCUT2D eigenvalue weighted by molar-refractivity contribution is -0.0211. The standard InChI is InChI=1S/C16H14F2N2/c17-16(18,13-4-2-1-3-5-13)11-20-9-8-12-10-14(19)6-7-15(12)20/h1-10H,11,19H2. The third kappa shape index (κ3) is 2.25. The summed E-state index contributed by atoms with van der Waals surface area (Å²) >= 11 is 0. The van der Waals surface area contributed by atoms with Crippen molar-refractivity contribution in [3.63, 3.8) is 0 Å². The van der Waals surface area contributed by atoms with E-state index in [1.54, 1.807) is 53.2 Å². The molecule has 0 fully saturated rings. The molecule has 1 heterocycles. The Balaban J connectivity index is 1.97. The Hall–Kier alpha value is -2.36. The number of nitrogens with two attached hydrogens (primary N) is 1. The quantitative estimate of drug-likeness (QED) is 0.717. The van der Waals surface area contributed by atoms with Gasteiger partial charge in [0.15, 0.2) is 0 Å². The molecule has 20 heavy (non-hydrogen) atoms. The molecule has 0 bridgehead atoms. The van der Waals surface area contributed by atoms with Crippen molar-refractivity contribution >= 4 is 16.6 Å². The molecule has 4 heteroatoms. The van der Waals surface area contributed by atoms with E-state index < -0.39 is 5.92 Å². The second-order valence-corrected chi connectivity index (χ2v) is 4.83. The minimum absolute atomic E-state index is 0.0253. The van der Waals surface area contributed by atoms with E-state index in [2.05, 4.69) is 0 Å². The van der Waals surface area contributed by atoms with E-state index in [1.165, 1.54) is 12.1 Å². The lowest BCUT2D eigenvalue weighted by Gasteiger charge is -2.18. The summed E-state index contributed by atoms with van der Waals surface area (Å²) in [5, 5.41) is 0.869. The van der Waals surface area contributed by atoms with Crippen LogP contribution in [-0.4, -0.2) is 4.57 Å². The van der Waals surface area contributed by atoms with Gasteiger partial charge < -0.3 is 10.3 Å². The fourth-order valence-corrected chi connectivity index (χ4v) is 2.34. The number of alkyl halides is 2. The summed E-state index contributed by atoms with van der Waals surface area (Å²) in [5.41, 5.74) is 7.11. The maximum Gasteiger partial charge on any atom is 0.290 e. The molecule has 0 saturated carbocycles. The lowest BCUT2D eigenvalue weighted by Crippen LogP contribution is -2.20. The van der Waals surface area contributed by atoms with Gasteiger partial charge in [-0.15, -0.1) is 0 Å². The van der Waals surface area contributed by atoms with Crippen LogP contribution in [0.5, 0.6) is 0 Å². The molecule has 3 rings (SSSR count). The van der Waals surface area contributed by atoms with Crippen LogP contribution in [0.15, 0.2) is 60.8 Å². The molecule has 0 amide bonds. The molecule has 2 N–H and O–H groups in total. The van der Waals surface area contributed by atoms with Gasteiger partial charge in [0.05, 0.1) is 6.54 Å². The smallest absolute Gasteiger partial charge is 0.290 e. The van der Waals surface area contributed by atoms with E-state index >= 15 is 0 Å². The van der Waals surface area contributed by atoms with Crippen molar-refractivity contribution in [1.82, 2.24) is 4.57 Å². The molecule has 0 aliphatic heterocycles. The van der Waals surface area contributed by atoms with Crippen LogP contribution >= 0.6 is 0 Å². The second-order valence-electron chi connectivity index (χ2n) is 4.83. The third-order valence-electron chi connectivity index (χ3n) is 3.36. The first-order chi connectivity index (χ1) is 9.56. The maximum absolute atomic E-state index is 14.3.